The Kier molecular flexibility index (Phi) is 4.40. The molecular formula is C7H7NSn. The molecule has 0 spiro atoms. The maximum Gasteiger partial charge on any atom is 0.0623 e. The number of pyridine rings is 1. The Morgan fingerprint density at radius 3 is 2.56 bits per heavy atom. The smallest absolute Gasteiger partial charge is 0.0623 e. The average molecular weight is 224 g/mol. The number of nitrogens with zero attached hydrogens (tertiary/aromatic N) is 1. The minimum atomic E-state index is 0. The summed E-state index contributed by atoms with van der Waals surface area (Å²) in [4.78, 5) is 3.98. The van der Waals surface area contributed by atoms with Crippen LogP contribution in [-0.4, -0.2) is 28.9 Å². The molecule has 0 aliphatic heterocycles. The topological polar surface area (TPSA) is 12.9 Å². The van der Waals surface area contributed by atoms with Crippen LogP contribution in [0.25, 0.3) is 6.08 Å². The van der Waals surface area contributed by atoms with Crippen LogP contribution in [0.15, 0.2) is 31.0 Å². The standard InChI is InChI=1S/C7H7N.Sn/c1-2-7-5-3-4-6-8-7;/h2-6H,1H2;. The Bertz CT molecular complexity index is 172. The van der Waals surface area contributed by atoms with E-state index in [9.17, 15) is 0 Å². The van der Waals surface area contributed by atoms with Crippen molar-refractivity contribution in [3.63, 3.8) is 0 Å². The molecular weight excluding hydrogens is 217 g/mol. The molecule has 0 aliphatic rings. The second-order valence-electron chi connectivity index (χ2n) is 1.46. The van der Waals surface area contributed by atoms with Crippen LogP contribution < -0.4 is 0 Å². The van der Waals surface area contributed by atoms with Crippen LogP contribution in [0, 0.1) is 0 Å². The largest absolute Gasteiger partial charge is 0.257 e. The van der Waals surface area contributed by atoms with Gasteiger partial charge in [0.15, 0.2) is 0 Å². The first-order valence-corrected chi connectivity index (χ1v) is 2.47. The molecule has 0 atom stereocenters. The molecule has 0 unspecified atom stereocenters. The molecule has 0 aromatic carbocycles. The van der Waals surface area contributed by atoms with Crippen LogP contribution in [0.2, 0.25) is 0 Å². The number of rotatable bonds is 1. The average Bonchev–Trinajstić information content (AvgIpc) is 1.90. The Hall–Kier alpha value is -0.311. The van der Waals surface area contributed by atoms with Gasteiger partial charge in [-0.2, -0.15) is 0 Å². The fourth-order valence-electron chi connectivity index (χ4n) is 0.497. The van der Waals surface area contributed by atoms with Gasteiger partial charge in [0.2, 0.25) is 0 Å². The van der Waals surface area contributed by atoms with Crippen molar-refractivity contribution in [2.45, 2.75) is 0 Å². The summed E-state index contributed by atoms with van der Waals surface area (Å²) in [5.74, 6) is 0. The first-order valence-electron chi connectivity index (χ1n) is 2.47. The minimum Gasteiger partial charge on any atom is -0.257 e. The molecule has 1 aromatic rings. The van der Waals surface area contributed by atoms with Gasteiger partial charge in [-0.05, 0) is 18.2 Å². The fourth-order valence-corrected chi connectivity index (χ4v) is 0.497. The van der Waals surface area contributed by atoms with E-state index < -0.39 is 0 Å². The molecule has 0 bridgehead atoms. The van der Waals surface area contributed by atoms with Crippen molar-refractivity contribution in [2.24, 2.45) is 0 Å². The second kappa shape index (κ2) is 4.56. The first-order chi connectivity index (χ1) is 3.93. The monoisotopic (exact) mass is 225 g/mol. The molecule has 0 fully saturated rings. The third-order valence-electron chi connectivity index (χ3n) is 0.897. The Morgan fingerprint density at radius 1 is 1.44 bits per heavy atom. The summed E-state index contributed by atoms with van der Waals surface area (Å²) in [5.41, 5.74) is 0.924. The predicted octanol–water partition coefficient (Wildman–Crippen LogP) is 1.34. The SMILES string of the molecule is C=Cc1ccccn1.[Sn]. The Balaban J connectivity index is 0.000000640. The van der Waals surface area contributed by atoms with E-state index in [1.807, 2.05) is 18.2 Å². The summed E-state index contributed by atoms with van der Waals surface area (Å²) in [6, 6.07) is 5.73. The van der Waals surface area contributed by atoms with Gasteiger partial charge in [0.05, 0.1) is 5.69 Å². The number of hydrogen-bond acceptors (Lipinski definition) is 1. The van der Waals surface area contributed by atoms with Gasteiger partial charge >= 0.3 is 0 Å². The molecule has 1 heterocycles. The van der Waals surface area contributed by atoms with E-state index in [1.54, 1.807) is 12.3 Å². The Labute approximate surface area is 71.8 Å². The second-order valence-corrected chi connectivity index (χ2v) is 1.46. The van der Waals surface area contributed by atoms with Gasteiger partial charge in [-0.1, -0.05) is 12.6 Å². The minimum absolute atomic E-state index is 0. The van der Waals surface area contributed by atoms with Crippen molar-refractivity contribution in [1.29, 1.82) is 0 Å². The Morgan fingerprint density at radius 2 is 2.22 bits per heavy atom. The van der Waals surface area contributed by atoms with Crippen molar-refractivity contribution < 1.29 is 0 Å². The quantitative estimate of drug-likeness (QED) is 0.656. The van der Waals surface area contributed by atoms with Crippen LogP contribution in [-0.2, 0) is 0 Å². The van der Waals surface area contributed by atoms with Crippen molar-refractivity contribution in [3.05, 3.63) is 36.7 Å². The van der Waals surface area contributed by atoms with Gasteiger partial charge in [-0.25, -0.2) is 0 Å². The summed E-state index contributed by atoms with van der Waals surface area (Å²) in [7, 11) is 0. The maximum atomic E-state index is 3.98. The molecule has 0 amide bonds. The van der Waals surface area contributed by atoms with Gasteiger partial charge in [0.25, 0.3) is 0 Å². The molecule has 1 nitrogen and oxygen atoms in total. The summed E-state index contributed by atoms with van der Waals surface area (Å²) in [6.45, 7) is 3.57. The molecule has 1 aromatic heterocycles. The number of aromatic nitrogens is 1. The van der Waals surface area contributed by atoms with E-state index in [1.165, 1.54) is 0 Å². The van der Waals surface area contributed by atoms with Crippen molar-refractivity contribution in [3.8, 4) is 0 Å². The van der Waals surface area contributed by atoms with E-state index in [0.717, 1.165) is 5.69 Å². The molecule has 1 rings (SSSR count). The molecule has 44 valence electrons. The van der Waals surface area contributed by atoms with Gasteiger partial charge in [-0.3, -0.25) is 4.98 Å². The zero-order valence-electron chi connectivity index (χ0n) is 5.04. The molecule has 4 radical (unpaired) electrons. The van der Waals surface area contributed by atoms with Crippen molar-refractivity contribution in [1.82, 2.24) is 4.98 Å². The third-order valence-corrected chi connectivity index (χ3v) is 0.897. The first kappa shape index (κ1) is 8.69. The summed E-state index contributed by atoms with van der Waals surface area (Å²) in [5, 5.41) is 0. The van der Waals surface area contributed by atoms with Gasteiger partial charge < -0.3 is 0 Å². The van der Waals surface area contributed by atoms with Gasteiger partial charge in [0.1, 0.15) is 0 Å². The maximum absolute atomic E-state index is 3.98. The van der Waals surface area contributed by atoms with E-state index in [0.29, 0.717) is 0 Å². The van der Waals surface area contributed by atoms with Crippen molar-refractivity contribution in [2.75, 3.05) is 0 Å². The molecule has 0 saturated carbocycles. The normalized spacial score (nSPS) is 7.56. The van der Waals surface area contributed by atoms with E-state index in [-0.39, 0.29) is 23.9 Å². The van der Waals surface area contributed by atoms with Gasteiger partial charge in [0, 0.05) is 30.1 Å². The van der Waals surface area contributed by atoms with Crippen LogP contribution in [0.5, 0.6) is 0 Å². The molecule has 0 aliphatic carbocycles. The molecule has 9 heavy (non-hydrogen) atoms. The molecule has 0 N–H and O–H groups in total. The predicted molar refractivity (Wildman–Crippen MR) is 40.1 cm³/mol. The van der Waals surface area contributed by atoms with E-state index >= 15 is 0 Å². The van der Waals surface area contributed by atoms with E-state index in [2.05, 4.69) is 11.6 Å². The molecule has 2 heteroatoms. The van der Waals surface area contributed by atoms with Crippen molar-refractivity contribution >= 4 is 30.0 Å². The summed E-state index contributed by atoms with van der Waals surface area (Å²) in [6.07, 6.45) is 3.47. The zero-order valence-corrected chi connectivity index (χ0v) is 7.90. The molecule has 0 saturated heterocycles. The van der Waals surface area contributed by atoms with E-state index in [4.69, 9.17) is 0 Å². The van der Waals surface area contributed by atoms with Gasteiger partial charge in [-0.15, -0.1) is 0 Å². The van der Waals surface area contributed by atoms with Crippen LogP contribution in [0.1, 0.15) is 5.69 Å². The van der Waals surface area contributed by atoms with Crippen LogP contribution in [0.4, 0.5) is 0 Å². The fraction of sp³-hybridized carbons (Fsp3) is 0. The zero-order chi connectivity index (χ0) is 5.82. The summed E-state index contributed by atoms with van der Waals surface area (Å²) < 4.78 is 0. The summed E-state index contributed by atoms with van der Waals surface area (Å²) >= 11 is 0. The third kappa shape index (κ3) is 2.65. The number of hydrogen-bond donors (Lipinski definition) is 0. The van der Waals surface area contributed by atoms with Crippen LogP contribution >= 0.6 is 0 Å². The van der Waals surface area contributed by atoms with Crippen LogP contribution in [0.3, 0.4) is 0 Å².